The third-order valence-electron chi connectivity index (χ3n) is 8.62. The van der Waals surface area contributed by atoms with Crippen LogP contribution in [0.3, 0.4) is 0 Å². The maximum atomic E-state index is 12.7. The van der Waals surface area contributed by atoms with Crippen molar-refractivity contribution < 1.29 is 4.79 Å². The number of carbonyl (C=O) groups is 1. The van der Waals surface area contributed by atoms with Crippen molar-refractivity contribution in [1.82, 2.24) is 19.9 Å². The third-order valence-corrected chi connectivity index (χ3v) is 8.62. The van der Waals surface area contributed by atoms with E-state index in [0.717, 1.165) is 75.9 Å². The molecule has 3 fully saturated rings. The normalized spacial score (nSPS) is 21.9. The van der Waals surface area contributed by atoms with Gasteiger partial charge in [0.05, 0.1) is 11.6 Å². The summed E-state index contributed by atoms with van der Waals surface area (Å²) in [6.07, 6.45) is 9.05. The summed E-state index contributed by atoms with van der Waals surface area (Å²) in [6.45, 7) is 10.5. The maximum absolute atomic E-state index is 12.7. The molecule has 0 atom stereocenters. The third kappa shape index (κ3) is 3.47. The Bertz CT molecular complexity index is 1210. The van der Waals surface area contributed by atoms with E-state index in [1.807, 2.05) is 31.7 Å². The van der Waals surface area contributed by atoms with Crippen LogP contribution in [0, 0.1) is 22.2 Å². The van der Waals surface area contributed by atoms with Crippen LogP contribution >= 0.6 is 0 Å². The van der Waals surface area contributed by atoms with Crippen molar-refractivity contribution in [2.75, 3.05) is 42.5 Å². The number of nitriles is 1. The molecule has 2 saturated heterocycles. The van der Waals surface area contributed by atoms with Gasteiger partial charge in [-0.25, -0.2) is 15.0 Å². The molecule has 2 spiro atoms. The van der Waals surface area contributed by atoms with E-state index in [-0.39, 0.29) is 22.2 Å². The number of aromatic nitrogens is 3. The molecule has 0 aromatic carbocycles. The van der Waals surface area contributed by atoms with Gasteiger partial charge in [0.15, 0.2) is 0 Å². The van der Waals surface area contributed by atoms with Gasteiger partial charge in [0, 0.05) is 60.7 Å². The second-order valence-corrected chi connectivity index (χ2v) is 12.0. The lowest BCUT2D eigenvalue weighted by Gasteiger charge is -2.55. The van der Waals surface area contributed by atoms with Gasteiger partial charge in [-0.1, -0.05) is 27.2 Å². The van der Waals surface area contributed by atoms with Gasteiger partial charge in [-0.15, -0.1) is 0 Å². The zero-order chi connectivity index (χ0) is 24.4. The van der Waals surface area contributed by atoms with Crippen LogP contribution < -0.4 is 9.80 Å². The number of pyridine rings is 1. The number of anilines is 3. The van der Waals surface area contributed by atoms with E-state index in [4.69, 9.17) is 9.97 Å². The molecule has 1 amide bonds. The minimum Gasteiger partial charge on any atom is -0.356 e. The summed E-state index contributed by atoms with van der Waals surface area (Å²) < 4.78 is 0. The van der Waals surface area contributed by atoms with E-state index >= 15 is 0 Å². The van der Waals surface area contributed by atoms with Crippen molar-refractivity contribution in [3.63, 3.8) is 0 Å². The fourth-order valence-electron chi connectivity index (χ4n) is 6.47. The molecule has 6 rings (SSSR count). The average molecular weight is 472 g/mol. The monoisotopic (exact) mass is 471 g/mol. The SMILES string of the molecule is CC(C)(C)C(=O)N1CC2(CCN(c3ncnc4c3C3(CCC3)CN4c3cc(C#N)ccn3)CC2)C1. The zero-order valence-electron chi connectivity index (χ0n) is 20.9. The number of piperidine rings is 1. The van der Waals surface area contributed by atoms with Crippen molar-refractivity contribution in [2.45, 2.75) is 58.3 Å². The molecule has 0 unspecified atom stereocenters. The van der Waals surface area contributed by atoms with Crippen molar-refractivity contribution >= 4 is 23.4 Å². The van der Waals surface area contributed by atoms with E-state index in [1.165, 1.54) is 12.0 Å². The van der Waals surface area contributed by atoms with Gasteiger partial charge in [-0.05, 0) is 37.8 Å². The first-order valence-corrected chi connectivity index (χ1v) is 12.8. The van der Waals surface area contributed by atoms with Crippen LogP contribution in [0.5, 0.6) is 0 Å². The predicted molar refractivity (Wildman–Crippen MR) is 133 cm³/mol. The standard InChI is InChI=1S/C27H33N7O/c1-25(2,3)24(35)33-15-26(16-33)8-11-32(12-9-26)22-21-23(31-18-30-22)34(17-27(21)6-4-7-27)20-13-19(14-28)5-10-29-20/h5,10,13,18H,4,6-9,11-12,15-17H2,1-3H3. The van der Waals surface area contributed by atoms with Crippen molar-refractivity contribution in [3.8, 4) is 6.07 Å². The summed E-state index contributed by atoms with van der Waals surface area (Å²) >= 11 is 0. The summed E-state index contributed by atoms with van der Waals surface area (Å²) in [5.41, 5.74) is 1.90. The van der Waals surface area contributed by atoms with E-state index in [9.17, 15) is 10.1 Å². The quantitative estimate of drug-likeness (QED) is 0.658. The Morgan fingerprint density at radius 2 is 1.74 bits per heavy atom. The highest BCUT2D eigenvalue weighted by Crippen LogP contribution is 2.56. The topological polar surface area (TPSA) is 89.3 Å². The van der Waals surface area contributed by atoms with E-state index in [1.54, 1.807) is 18.6 Å². The van der Waals surface area contributed by atoms with Gasteiger partial charge in [0.25, 0.3) is 0 Å². The molecule has 182 valence electrons. The Morgan fingerprint density at radius 1 is 1.03 bits per heavy atom. The Labute approximate surface area is 207 Å². The number of rotatable bonds is 2. The summed E-state index contributed by atoms with van der Waals surface area (Å²) in [4.78, 5) is 33.5. The Hall–Kier alpha value is -3.21. The number of hydrogen-bond acceptors (Lipinski definition) is 7. The number of hydrogen-bond donors (Lipinski definition) is 0. The van der Waals surface area contributed by atoms with Crippen LogP contribution in [-0.2, 0) is 10.2 Å². The van der Waals surface area contributed by atoms with Crippen LogP contribution in [0.2, 0.25) is 0 Å². The molecule has 0 N–H and O–H groups in total. The molecule has 1 aliphatic carbocycles. The largest absolute Gasteiger partial charge is 0.356 e. The minimum atomic E-state index is -0.311. The van der Waals surface area contributed by atoms with Crippen molar-refractivity contribution in [3.05, 3.63) is 35.8 Å². The molecule has 35 heavy (non-hydrogen) atoms. The highest BCUT2D eigenvalue weighted by atomic mass is 16.2. The highest BCUT2D eigenvalue weighted by molar-refractivity contribution is 5.82. The Kier molecular flexibility index (Phi) is 4.86. The number of carbonyl (C=O) groups excluding carboxylic acids is 1. The summed E-state index contributed by atoms with van der Waals surface area (Å²) in [5.74, 6) is 3.07. The molecule has 5 heterocycles. The molecule has 8 nitrogen and oxygen atoms in total. The fraction of sp³-hybridized carbons (Fsp3) is 0.593. The second kappa shape index (κ2) is 7.64. The van der Waals surface area contributed by atoms with Gasteiger partial charge >= 0.3 is 0 Å². The number of nitrogens with zero attached hydrogens (tertiary/aromatic N) is 7. The van der Waals surface area contributed by atoms with Crippen LogP contribution in [-0.4, -0.2) is 58.5 Å². The van der Waals surface area contributed by atoms with Crippen molar-refractivity contribution in [2.24, 2.45) is 10.8 Å². The molecule has 3 aliphatic heterocycles. The van der Waals surface area contributed by atoms with Crippen LogP contribution in [0.4, 0.5) is 17.5 Å². The molecule has 2 aromatic heterocycles. The minimum absolute atomic E-state index is 0.0672. The molecule has 0 radical (unpaired) electrons. The van der Waals surface area contributed by atoms with E-state index in [2.05, 4.69) is 20.9 Å². The molecule has 2 aromatic rings. The van der Waals surface area contributed by atoms with Crippen molar-refractivity contribution in [1.29, 1.82) is 5.26 Å². The van der Waals surface area contributed by atoms with Gasteiger partial charge < -0.3 is 14.7 Å². The average Bonchev–Trinajstić information content (AvgIpc) is 3.18. The van der Waals surface area contributed by atoms with E-state index < -0.39 is 0 Å². The summed E-state index contributed by atoms with van der Waals surface area (Å²) in [6, 6.07) is 5.83. The van der Waals surface area contributed by atoms with Gasteiger partial charge in [-0.3, -0.25) is 4.79 Å². The van der Waals surface area contributed by atoms with Gasteiger partial charge in [0.2, 0.25) is 5.91 Å². The lowest BCUT2D eigenvalue weighted by molar-refractivity contribution is -0.153. The number of fused-ring (bicyclic) bond motifs is 2. The second-order valence-electron chi connectivity index (χ2n) is 12.0. The van der Waals surface area contributed by atoms with Gasteiger partial charge in [0.1, 0.15) is 23.8 Å². The molecule has 4 aliphatic rings. The number of likely N-dealkylation sites (tertiary alicyclic amines) is 1. The van der Waals surface area contributed by atoms with Crippen LogP contribution in [0.1, 0.15) is 64.0 Å². The molecule has 0 bridgehead atoms. The molecular formula is C27H33N7O. The first-order chi connectivity index (χ1) is 16.7. The first-order valence-electron chi connectivity index (χ1n) is 12.8. The van der Waals surface area contributed by atoms with Gasteiger partial charge in [-0.2, -0.15) is 5.26 Å². The zero-order valence-corrected chi connectivity index (χ0v) is 20.9. The first kappa shape index (κ1) is 22.3. The van der Waals surface area contributed by atoms with Crippen LogP contribution in [0.25, 0.3) is 0 Å². The molecule has 1 saturated carbocycles. The Balaban J connectivity index is 1.24. The fourth-order valence-corrected chi connectivity index (χ4v) is 6.47. The van der Waals surface area contributed by atoms with Crippen LogP contribution in [0.15, 0.2) is 24.7 Å². The van der Waals surface area contributed by atoms with E-state index in [0.29, 0.717) is 5.56 Å². The lowest BCUT2D eigenvalue weighted by Crippen LogP contribution is -2.63. The summed E-state index contributed by atoms with van der Waals surface area (Å²) in [5, 5.41) is 9.38. The maximum Gasteiger partial charge on any atom is 0.227 e. The summed E-state index contributed by atoms with van der Waals surface area (Å²) in [7, 11) is 0. The smallest absolute Gasteiger partial charge is 0.227 e. The molecule has 8 heteroatoms. The number of amides is 1. The Morgan fingerprint density at radius 3 is 2.37 bits per heavy atom. The predicted octanol–water partition coefficient (Wildman–Crippen LogP) is 3.79. The lowest BCUT2D eigenvalue weighted by atomic mass is 9.65. The molecular weight excluding hydrogens is 438 g/mol. The highest BCUT2D eigenvalue weighted by Gasteiger charge is 2.53.